The maximum atomic E-state index is 11.5. The Hall–Kier alpha value is -2.26. The minimum atomic E-state index is -0.394. The molecule has 6 nitrogen and oxygen atoms in total. The van der Waals surface area contributed by atoms with Crippen molar-refractivity contribution in [3.05, 3.63) is 29.6 Å². The van der Waals surface area contributed by atoms with Crippen molar-refractivity contribution in [1.29, 1.82) is 5.26 Å². The first-order valence-electron chi connectivity index (χ1n) is 4.97. The number of morpholine rings is 1. The van der Waals surface area contributed by atoms with Crippen molar-refractivity contribution in [3.63, 3.8) is 0 Å². The number of rotatable bonds is 2. The van der Waals surface area contributed by atoms with Crippen LogP contribution in [0.4, 0.5) is 0 Å². The fourth-order valence-electron chi connectivity index (χ4n) is 1.53. The average Bonchev–Trinajstić information content (AvgIpc) is 2.34. The highest BCUT2D eigenvalue weighted by Gasteiger charge is 2.27. The number of pyridine rings is 1. The van der Waals surface area contributed by atoms with E-state index in [0.717, 1.165) is 4.90 Å². The number of hydrogen-bond acceptors (Lipinski definition) is 5. The predicted octanol–water partition coefficient (Wildman–Crippen LogP) is -0.161. The summed E-state index contributed by atoms with van der Waals surface area (Å²) in [5, 5.41) is 8.85. The topological polar surface area (TPSA) is 83.3 Å². The highest BCUT2D eigenvalue weighted by atomic mass is 16.5. The molecule has 2 amide bonds. The van der Waals surface area contributed by atoms with Crippen molar-refractivity contribution >= 4 is 11.8 Å². The first-order chi connectivity index (χ1) is 8.22. The van der Waals surface area contributed by atoms with Crippen LogP contribution >= 0.6 is 0 Å². The zero-order valence-corrected chi connectivity index (χ0v) is 8.92. The van der Waals surface area contributed by atoms with E-state index < -0.39 is 11.8 Å². The van der Waals surface area contributed by atoms with E-state index in [0.29, 0.717) is 5.56 Å². The fourth-order valence-corrected chi connectivity index (χ4v) is 1.53. The number of carbonyl (C=O) groups is 2. The molecule has 0 aromatic carbocycles. The molecule has 2 rings (SSSR count). The van der Waals surface area contributed by atoms with E-state index in [1.54, 1.807) is 12.1 Å². The molecule has 86 valence electrons. The van der Waals surface area contributed by atoms with Gasteiger partial charge in [0.25, 0.3) is 11.8 Å². The van der Waals surface area contributed by atoms with Gasteiger partial charge in [0.15, 0.2) is 0 Å². The van der Waals surface area contributed by atoms with Gasteiger partial charge in [-0.05, 0) is 6.07 Å². The van der Waals surface area contributed by atoms with Crippen LogP contribution < -0.4 is 0 Å². The molecule has 1 fully saturated rings. The molecule has 0 saturated carbocycles. The van der Waals surface area contributed by atoms with Gasteiger partial charge < -0.3 is 4.74 Å². The number of hydrogen-bond donors (Lipinski definition) is 0. The van der Waals surface area contributed by atoms with E-state index in [1.165, 1.54) is 6.20 Å². The second-order valence-electron chi connectivity index (χ2n) is 3.49. The lowest BCUT2D eigenvalue weighted by Gasteiger charge is -2.24. The maximum Gasteiger partial charge on any atom is 0.255 e. The van der Waals surface area contributed by atoms with Crippen LogP contribution in [-0.4, -0.2) is 34.9 Å². The molecule has 1 aliphatic rings. The molecule has 1 saturated heterocycles. The van der Waals surface area contributed by atoms with Crippen molar-refractivity contribution in [2.24, 2.45) is 0 Å². The molecular formula is C11H9N3O3. The normalized spacial score (nSPS) is 15.8. The molecule has 0 unspecified atom stereocenters. The van der Waals surface area contributed by atoms with E-state index in [-0.39, 0.29) is 25.5 Å². The summed E-state index contributed by atoms with van der Waals surface area (Å²) in [5.74, 6) is -0.789. The van der Waals surface area contributed by atoms with E-state index in [1.807, 2.05) is 6.07 Å². The number of imide groups is 1. The van der Waals surface area contributed by atoms with Crippen LogP contribution in [0.25, 0.3) is 0 Å². The standard InChI is InChI=1S/C11H9N3O3/c12-4-9-8(2-1-3-13-9)5-14-10(15)6-17-7-11(14)16/h1-3H,5-7H2. The summed E-state index contributed by atoms with van der Waals surface area (Å²) < 4.78 is 4.80. The fraction of sp³-hybridized carbons (Fsp3) is 0.273. The first kappa shape index (κ1) is 11.2. The van der Waals surface area contributed by atoms with E-state index in [4.69, 9.17) is 10.00 Å². The van der Waals surface area contributed by atoms with Gasteiger partial charge in [0.05, 0.1) is 6.54 Å². The second kappa shape index (κ2) is 4.72. The Kier molecular flexibility index (Phi) is 3.12. The number of carbonyl (C=O) groups excluding carboxylic acids is 2. The smallest absolute Gasteiger partial charge is 0.255 e. The van der Waals surface area contributed by atoms with Crippen molar-refractivity contribution < 1.29 is 14.3 Å². The minimum Gasteiger partial charge on any atom is -0.362 e. The summed E-state index contributed by atoms with van der Waals surface area (Å²) in [5.41, 5.74) is 0.776. The molecule has 0 spiro atoms. The Morgan fingerprint density at radius 1 is 1.41 bits per heavy atom. The Bertz CT molecular complexity index is 491. The molecule has 0 radical (unpaired) electrons. The van der Waals surface area contributed by atoms with Crippen LogP contribution in [0.15, 0.2) is 18.3 Å². The molecule has 1 aromatic rings. The van der Waals surface area contributed by atoms with Gasteiger partial charge in [-0.15, -0.1) is 0 Å². The molecule has 6 heteroatoms. The number of nitrogens with zero attached hydrogens (tertiary/aromatic N) is 3. The van der Waals surface area contributed by atoms with Crippen molar-refractivity contribution in [3.8, 4) is 6.07 Å². The quantitative estimate of drug-likeness (QED) is 0.660. The second-order valence-corrected chi connectivity index (χ2v) is 3.49. The van der Waals surface area contributed by atoms with E-state index in [2.05, 4.69) is 4.98 Å². The van der Waals surface area contributed by atoms with E-state index in [9.17, 15) is 9.59 Å². The molecule has 2 heterocycles. The third-order valence-corrected chi connectivity index (χ3v) is 2.38. The Morgan fingerprint density at radius 3 is 2.76 bits per heavy atom. The van der Waals surface area contributed by atoms with Crippen molar-refractivity contribution in [2.75, 3.05) is 13.2 Å². The monoisotopic (exact) mass is 231 g/mol. The predicted molar refractivity (Wildman–Crippen MR) is 55.3 cm³/mol. The van der Waals surface area contributed by atoms with Crippen LogP contribution in [0.5, 0.6) is 0 Å². The molecule has 0 bridgehead atoms. The van der Waals surface area contributed by atoms with Crippen LogP contribution in [0.3, 0.4) is 0 Å². The Morgan fingerprint density at radius 2 is 2.12 bits per heavy atom. The van der Waals surface area contributed by atoms with Gasteiger partial charge in [-0.1, -0.05) is 6.07 Å². The average molecular weight is 231 g/mol. The zero-order chi connectivity index (χ0) is 12.3. The number of aromatic nitrogens is 1. The number of ether oxygens (including phenoxy) is 1. The van der Waals surface area contributed by atoms with Gasteiger partial charge in [-0.3, -0.25) is 14.5 Å². The maximum absolute atomic E-state index is 11.5. The molecule has 1 aromatic heterocycles. The molecule has 0 aliphatic carbocycles. The highest BCUT2D eigenvalue weighted by Crippen LogP contribution is 2.11. The van der Waals surface area contributed by atoms with Crippen LogP contribution in [-0.2, 0) is 20.9 Å². The van der Waals surface area contributed by atoms with E-state index >= 15 is 0 Å². The van der Waals surface area contributed by atoms with Crippen LogP contribution in [0.1, 0.15) is 11.3 Å². The van der Waals surface area contributed by atoms with Gasteiger partial charge in [-0.2, -0.15) is 5.26 Å². The molecule has 0 N–H and O–H groups in total. The van der Waals surface area contributed by atoms with Gasteiger partial charge in [0.1, 0.15) is 25.0 Å². The summed E-state index contributed by atoms with van der Waals surface area (Å²) >= 11 is 0. The van der Waals surface area contributed by atoms with Crippen LogP contribution in [0.2, 0.25) is 0 Å². The summed E-state index contributed by atoms with van der Waals surface area (Å²) in [6.07, 6.45) is 1.49. The largest absolute Gasteiger partial charge is 0.362 e. The van der Waals surface area contributed by atoms with Gasteiger partial charge in [0.2, 0.25) is 0 Å². The third kappa shape index (κ3) is 2.29. The van der Waals surface area contributed by atoms with Crippen molar-refractivity contribution in [1.82, 2.24) is 9.88 Å². The summed E-state index contributed by atoms with van der Waals surface area (Å²) in [7, 11) is 0. The minimum absolute atomic E-state index is 0.0672. The van der Waals surface area contributed by atoms with Crippen LogP contribution in [0, 0.1) is 11.3 Å². The number of amides is 2. The first-order valence-corrected chi connectivity index (χ1v) is 4.97. The third-order valence-electron chi connectivity index (χ3n) is 2.38. The Balaban J connectivity index is 2.23. The summed E-state index contributed by atoms with van der Waals surface area (Å²) in [6.45, 7) is -0.139. The summed E-state index contributed by atoms with van der Waals surface area (Å²) in [4.78, 5) is 27.9. The lowest BCUT2D eigenvalue weighted by molar-refractivity contribution is -0.159. The molecule has 17 heavy (non-hydrogen) atoms. The summed E-state index contributed by atoms with van der Waals surface area (Å²) in [6, 6.07) is 5.25. The SMILES string of the molecule is N#Cc1ncccc1CN1C(=O)COCC1=O. The highest BCUT2D eigenvalue weighted by molar-refractivity contribution is 5.98. The van der Waals surface area contributed by atoms with Crippen molar-refractivity contribution in [2.45, 2.75) is 6.54 Å². The zero-order valence-electron chi connectivity index (χ0n) is 8.92. The van der Waals surface area contributed by atoms with Gasteiger partial charge in [0, 0.05) is 11.8 Å². The number of nitriles is 1. The lowest BCUT2D eigenvalue weighted by Crippen LogP contribution is -2.45. The lowest BCUT2D eigenvalue weighted by atomic mass is 10.2. The van der Waals surface area contributed by atoms with Gasteiger partial charge in [-0.25, -0.2) is 4.98 Å². The van der Waals surface area contributed by atoms with Gasteiger partial charge >= 0.3 is 0 Å². The molecule has 0 atom stereocenters. The Labute approximate surface area is 97.4 Å². The molecule has 1 aliphatic heterocycles. The molecular weight excluding hydrogens is 222 g/mol.